The molecule has 0 aliphatic heterocycles. The van der Waals surface area contributed by atoms with Crippen molar-refractivity contribution >= 4 is 37.5 Å². The highest BCUT2D eigenvalue weighted by Gasteiger charge is 2.22. The number of carbonyl (C=O) groups is 1. The molecule has 1 aromatic carbocycles. The van der Waals surface area contributed by atoms with E-state index in [1.165, 1.54) is 38.2 Å². The third-order valence-electron chi connectivity index (χ3n) is 2.48. The van der Waals surface area contributed by atoms with Crippen LogP contribution in [0.5, 0.6) is 5.75 Å². The summed E-state index contributed by atoms with van der Waals surface area (Å²) in [7, 11) is 0.528. The lowest BCUT2D eigenvalue weighted by Gasteiger charge is -2.14. The molecular formula is C11H16BrN3O4S. The second-order valence-electron chi connectivity index (χ2n) is 4.14. The maximum Gasteiger partial charge on any atom is 0.244 e. The molecule has 0 spiro atoms. The number of carbonyl (C=O) groups excluding carboxylic acids is 1. The molecule has 0 saturated carbocycles. The number of hydrogen-bond donors (Lipinski definition) is 2. The molecule has 1 amide bonds. The first kappa shape index (κ1) is 16.7. The predicted octanol–water partition coefficient (Wildman–Crippen LogP) is 0.406. The maximum absolute atomic E-state index is 12.2. The predicted molar refractivity (Wildman–Crippen MR) is 79.0 cm³/mol. The lowest BCUT2D eigenvalue weighted by molar-refractivity contribution is -0.127. The van der Waals surface area contributed by atoms with Gasteiger partial charge in [0.1, 0.15) is 10.6 Å². The average Bonchev–Trinajstić information content (AvgIpc) is 2.38. The number of anilines is 1. The van der Waals surface area contributed by atoms with Crippen LogP contribution in [-0.2, 0) is 14.8 Å². The first-order chi connectivity index (χ1) is 9.19. The van der Waals surface area contributed by atoms with Crippen LogP contribution in [0.1, 0.15) is 0 Å². The first-order valence-electron chi connectivity index (χ1n) is 5.52. The van der Waals surface area contributed by atoms with Crippen molar-refractivity contribution in [1.82, 2.24) is 9.62 Å². The fraction of sp³-hybridized carbons (Fsp3) is 0.364. The van der Waals surface area contributed by atoms with E-state index < -0.39 is 10.0 Å². The lowest BCUT2D eigenvalue weighted by Crippen LogP contribution is -2.36. The zero-order valence-corrected chi connectivity index (χ0v) is 13.7. The minimum Gasteiger partial charge on any atom is -0.495 e. The van der Waals surface area contributed by atoms with E-state index in [0.29, 0.717) is 4.47 Å². The number of benzene rings is 1. The number of halogens is 1. The highest BCUT2D eigenvalue weighted by molar-refractivity contribution is 9.10. The number of sulfonamides is 1. The van der Waals surface area contributed by atoms with Gasteiger partial charge in [-0.25, -0.2) is 13.1 Å². The lowest BCUT2D eigenvalue weighted by atomic mass is 10.3. The van der Waals surface area contributed by atoms with Crippen LogP contribution in [0.4, 0.5) is 5.69 Å². The van der Waals surface area contributed by atoms with Gasteiger partial charge in [0.15, 0.2) is 0 Å². The summed E-state index contributed by atoms with van der Waals surface area (Å²) in [5.41, 5.74) is 5.93. The number of amides is 1. The van der Waals surface area contributed by atoms with Crippen molar-refractivity contribution in [2.45, 2.75) is 4.90 Å². The largest absolute Gasteiger partial charge is 0.495 e. The number of nitrogens with zero attached hydrogens (tertiary/aromatic N) is 1. The Labute approximate surface area is 126 Å². The number of nitrogens with one attached hydrogen (secondary N) is 1. The molecule has 1 aromatic rings. The summed E-state index contributed by atoms with van der Waals surface area (Å²) in [6.07, 6.45) is 0. The molecule has 0 unspecified atom stereocenters. The van der Waals surface area contributed by atoms with E-state index >= 15 is 0 Å². The summed E-state index contributed by atoms with van der Waals surface area (Å²) in [4.78, 5) is 12.6. The molecular weight excluding hydrogens is 350 g/mol. The van der Waals surface area contributed by atoms with Crippen molar-refractivity contribution in [2.24, 2.45) is 0 Å². The van der Waals surface area contributed by atoms with Gasteiger partial charge in [0.2, 0.25) is 15.9 Å². The first-order valence-corrected chi connectivity index (χ1v) is 7.79. The number of rotatable bonds is 5. The second kappa shape index (κ2) is 6.42. The van der Waals surface area contributed by atoms with E-state index in [1.807, 2.05) is 0 Å². The van der Waals surface area contributed by atoms with Crippen molar-refractivity contribution in [3.05, 3.63) is 16.6 Å². The molecule has 1 rings (SSSR count). The van der Waals surface area contributed by atoms with Crippen molar-refractivity contribution in [3.63, 3.8) is 0 Å². The third kappa shape index (κ3) is 3.84. The molecule has 0 aromatic heterocycles. The molecule has 0 aliphatic carbocycles. The molecule has 0 bridgehead atoms. The Morgan fingerprint density at radius 2 is 2.05 bits per heavy atom. The summed E-state index contributed by atoms with van der Waals surface area (Å²) >= 11 is 3.19. The minimum absolute atomic E-state index is 0.118. The Balaban J connectivity index is 3.09. The van der Waals surface area contributed by atoms with E-state index in [4.69, 9.17) is 10.5 Å². The van der Waals surface area contributed by atoms with Crippen LogP contribution >= 0.6 is 15.9 Å². The molecule has 112 valence electrons. The van der Waals surface area contributed by atoms with Gasteiger partial charge in [-0.05, 0) is 28.1 Å². The normalized spacial score (nSPS) is 11.2. The van der Waals surface area contributed by atoms with E-state index in [0.717, 1.165) is 0 Å². The number of likely N-dealkylation sites (N-methyl/N-ethyl adjacent to an activating group) is 1. The topological polar surface area (TPSA) is 102 Å². The van der Waals surface area contributed by atoms with Crippen LogP contribution in [0.2, 0.25) is 0 Å². The van der Waals surface area contributed by atoms with Crippen LogP contribution in [0.15, 0.2) is 21.5 Å². The third-order valence-corrected chi connectivity index (χ3v) is 4.59. The number of nitrogen functional groups attached to an aromatic ring is 1. The fourth-order valence-corrected chi connectivity index (χ4v) is 2.79. The number of hydrogen-bond acceptors (Lipinski definition) is 5. The SMILES string of the molecule is COc1cc(Br)c(N)cc1S(=O)(=O)NCC(=O)N(C)C. The molecule has 9 heteroatoms. The Kier molecular flexibility index (Phi) is 5.37. The monoisotopic (exact) mass is 365 g/mol. The Morgan fingerprint density at radius 1 is 1.45 bits per heavy atom. The van der Waals surface area contributed by atoms with Gasteiger partial charge in [-0.15, -0.1) is 0 Å². The van der Waals surface area contributed by atoms with Crippen LogP contribution < -0.4 is 15.2 Å². The van der Waals surface area contributed by atoms with Gasteiger partial charge >= 0.3 is 0 Å². The fourth-order valence-electron chi connectivity index (χ4n) is 1.31. The van der Waals surface area contributed by atoms with Crippen LogP contribution in [0, 0.1) is 0 Å². The Morgan fingerprint density at radius 3 is 2.55 bits per heavy atom. The molecule has 0 heterocycles. The summed E-state index contributed by atoms with van der Waals surface area (Å²) in [5.74, 6) is -0.228. The van der Waals surface area contributed by atoms with E-state index in [9.17, 15) is 13.2 Å². The maximum atomic E-state index is 12.2. The van der Waals surface area contributed by atoms with Gasteiger partial charge in [0.25, 0.3) is 0 Å². The van der Waals surface area contributed by atoms with E-state index in [2.05, 4.69) is 20.7 Å². The van der Waals surface area contributed by atoms with Gasteiger partial charge in [0.05, 0.1) is 13.7 Å². The summed E-state index contributed by atoms with van der Waals surface area (Å²) in [6, 6.07) is 2.73. The number of methoxy groups -OCH3 is 1. The van der Waals surface area contributed by atoms with Gasteiger partial charge in [0, 0.05) is 24.3 Å². The zero-order valence-electron chi connectivity index (χ0n) is 11.3. The molecule has 7 nitrogen and oxygen atoms in total. The number of nitrogens with two attached hydrogens (primary N) is 1. The van der Waals surface area contributed by atoms with Gasteiger partial charge in [-0.3, -0.25) is 4.79 Å². The van der Waals surface area contributed by atoms with Crippen molar-refractivity contribution in [3.8, 4) is 5.75 Å². The molecule has 3 N–H and O–H groups in total. The molecule has 0 atom stereocenters. The average molecular weight is 366 g/mol. The Bertz CT molecular complexity index is 616. The second-order valence-corrected chi connectivity index (χ2v) is 6.73. The molecule has 0 fully saturated rings. The van der Waals surface area contributed by atoms with Crippen LogP contribution in [0.3, 0.4) is 0 Å². The quantitative estimate of drug-likeness (QED) is 0.735. The van der Waals surface area contributed by atoms with Crippen LogP contribution in [-0.4, -0.2) is 47.0 Å². The molecule has 0 saturated heterocycles. The molecule has 0 aliphatic rings. The highest BCUT2D eigenvalue weighted by Crippen LogP contribution is 2.32. The van der Waals surface area contributed by atoms with Gasteiger partial charge in [-0.2, -0.15) is 0 Å². The Hall–Kier alpha value is -1.32. The molecule has 0 radical (unpaired) electrons. The zero-order chi connectivity index (χ0) is 15.5. The number of ether oxygens (including phenoxy) is 1. The highest BCUT2D eigenvalue weighted by atomic mass is 79.9. The summed E-state index contributed by atoms with van der Waals surface area (Å²) in [5, 5.41) is 0. The standard InChI is InChI=1S/C11H16BrN3O4S/c1-15(2)11(16)6-14-20(17,18)10-5-8(13)7(12)4-9(10)19-3/h4-5,14H,6,13H2,1-3H3. The van der Waals surface area contributed by atoms with Gasteiger partial charge < -0.3 is 15.4 Å². The summed E-state index contributed by atoms with van der Waals surface area (Å²) < 4.78 is 32.1. The van der Waals surface area contributed by atoms with Gasteiger partial charge in [-0.1, -0.05) is 0 Å². The summed E-state index contributed by atoms with van der Waals surface area (Å²) in [6.45, 7) is -0.339. The minimum atomic E-state index is -3.89. The molecule has 20 heavy (non-hydrogen) atoms. The van der Waals surface area contributed by atoms with Crippen molar-refractivity contribution in [1.29, 1.82) is 0 Å². The van der Waals surface area contributed by atoms with E-state index in [-0.39, 0.29) is 28.8 Å². The van der Waals surface area contributed by atoms with Crippen LogP contribution in [0.25, 0.3) is 0 Å². The van der Waals surface area contributed by atoms with Crippen molar-refractivity contribution < 1.29 is 17.9 Å². The smallest absolute Gasteiger partial charge is 0.244 e. The van der Waals surface area contributed by atoms with E-state index in [1.54, 1.807) is 0 Å². The van der Waals surface area contributed by atoms with Crippen molar-refractivity contribution in [2.75, 3.05) is 33.5 Å².